The highest BCUT2D eigenvalue weighted by Crippen LogP contribution is 2.47. The summed E-state index contributed by atoms with van der Waals surface area (Å²) in [4.78, 5) is 33.4. The van der Waals surface area contributed by atoms with Gasteiger partial charge in [0.2, 0.25) is 5.91 Å². The van der Waals surface area contributed by atoms with Crippen molar-refractivity contribution in [1.82, 2.24) is 0 Å². The summed E-state index contributed by atoms with van der Waals surface area (Å²) in [7, 11) is 0. The van der Waals surface area contributed by atoms with Gasteiger partial charge < -0.3 is 0 Å². The molecular weight excluding hydrogens is 421 g/mol. The standard InChI is InChI=1S/C24H17F3N2O3/c25-24(26,27)16-10-7-13-18(14-16)28-22(30)19-20(15-8-3-1-4-9-15)29(32-21(19)23(28)31)17-11-5-2-6-12-17/h1-14,19-21H/t19-,20-,21+/m1/s1. The van der Waals surface area contributed by atoms with Crippen LogP contribution in [0.5, 0.6) is 0 Å². The Hall–Kier alpha value is -3.65. The number of anilines is 2. The Labute approximate surface area is 181 Å². The highest BCUT2D eigenvalue weighted by molar-refractivity contribution is 6.24. The average Bonchev–Trinajstić information content (AvgIpc) is 3.30. The van der Waals surface area contributed by atoms with Crippen LogP contribution in [0.1, 0.15) is 17.2 Å². The summed E-state index contributed by atoms with van der Waals surface area (Å²) in [6.45, 7) is 0. The smallest absolute Gasteiger partial charge is 0.273 e. The Morgan fingerprint density at radius 1 is 0.750 bits per heavy atom. The minimum atomic E-state index is -4.59. The summed E-state index contributed by atoms with van der Waals surface area (Å²) in [5.74, 6) is -2.18. The molecule has 0 aromatic heterocycles. The fraction of sp³-hybridized carbons (Fsp3) is 0.167. The van der Waals surface area contributed by atoms with Crippen LogP contribution >= 0.6 is 0 Å². The topological polar surface area (TPSA) is 49.9 Å². The first kappa shape index (κ1) is 20.3. The zero-order valence-electron chi connectivity index (χ0n) is 16.6. The molecule has 3 atom stereocenters. The van der Waals surface area contributed by atoms with Gasteiger partial charge >= 0.3 is 6.18 Å². The fourth-order valence-electron chi connectivity index (χ4n) is 4.28. The van der Waals surface area contributed by atoms with Crippen LogP contribution in [0.25, 0.3) is 0 Å². The lowest BCUT2D eigenvalue weighted by atomic mass is 9.90. The number of para-hydroxylation sites is 1. The molecule has 0 aliphatic carbocycles. The van der Waals surface area contributed by atoms with Crippen LogP contribution in [0, 0.1) is 5.92 Å². The average molecular weight is 438 g/mol. The van der Waals surface area contributed by atoms with Gasteiger partial charge in [-0.3, -0.25) is 14.4 Å². The van der Waals surface area contributed by atoms with E-state index in [1.54, 1.807) is 17.2 Å². The second-order valence-electron chi connectivity index (χ2n) is 7.63. The second-order valence-corrected chi connectivity index (χ2v) is 7.63. The molecule has 0 saturated carbocycles. The number of hydrogen-bond donors (Lipinski definition) is 0. The SMILES string of the molecule is O=C1[C@H]2[C@H](ON(c3ccccc3)[C@@H]2c2ccccc2)C(=O)N1c1cccc(C(F)(F)F)c1. The van der Waals surface area contributed by atoms with E-state index < -0.39 is 41.6 Å². The molecule has 0 radical (unpaired) electrons. The Morgan fingerprint density at radius 2 is 1.38 bits per heavy atom. The van der Waals surface area contributed by atoms with Gasteiger partial charge in [0.1, 0.15) is 5.92 Å². The minimum absolute atomic E-state index is 0.120. The molecule has 0 bridgehead atoms. The van der Waals surface area contributed by atoms with Crippen LogP contribution in [0.4, 0.5) is 24.5 Å². The van der Waals surface area contributed by atoms with E-state index in [-0.39, 0.29) is 5.69 Å². The van der Waals surface area contributed by atoms with Gasteiger partial charge in [0, 0.05) is 0 Å². The molecule has 2 fully saturated rings. The third-order valence-corrected chi connectivity index (χ3v) is 5.70. The van der Waals surface area contributed by atoms with Crippen molar-refractivity contribution in [3.05, 3.63) is 96.1 Å². The van der Waals surface area contributed by atoms with Crippen molar-refractivity contribution in [2.24, 2.45) is 5.92 Å². The van der Waals surface area contributed by atoms with Crippen molar-refractivity contribution in [3.8, 4) is 0 Å². The highest BCUT2D eigenvalue weighted by atomic mass is 19.4. The molecular formula is C24H17F3N2O3. The normalized spacial score (nSPS) is 23.0. The van der Waals surface area contributed by atoms with Crippen molar-refractivity contribution >= 4 is 23.2 Å². The molecule has 32 heavy (non-hydrogen) atoms. The van der Waals surface area contributed by atoms with E-state index >= 15 is 0 Å². The van der Waals surface area contributed by atoms with Gasteiger partial charge in [-0.2, -0.15) is 13.2 Å². The van der Waals surface area contributed by atoms with Crippen LogP contribution in [-0.4, -0.2) is 17.9 Å². The molecule has 2 amide bonds. The quantitative estimate of drug-likeness (QED) is 0.554. The maximum atomic E-state index is 13.4. The van der Waals surface area contributed by atoms with Gasteiger partial charge in [-0.15, -0.1) is 0 Å². The number of halogens is 3. The zero-order valence-corrected chi connectivity index (χ0v) is 16.6. The maximum Gasteiger partial charge on any atom is 0.416 e. The van der Waals surface area contributed by atoms with Gasteiger partial charge in [0.05, 0.1) is 23.0 Å². The van der Waals surface area contributed by atoms with E-state index in [1.165, 1.54) is 12.1 Å². The van der Waals surface area contributed by atoms with E-state index in [9.17, 15) is 22.8 Å². The van der Waals surface area contributed by atoms with E-state index in [0.29, 0.717) is 5.69 Å². The Kier molecular flexibility index (Phi) is 4.74. The molecule has 5 rings (SSSR count). The van der Waals surface area contributed by atoms with Gasteiger partial charge in [-0.05, 0) is 35.9 Å². The number of nitrogens with zero attached hydrogens (tertiary/aromatic N) is 2. The van der Waals surface area contributed by atoms with E-state index in [4.69, 9.17) is 4.84 Å². The third-order valence-electron chi connectivity index (χ3n) is 5.70. The summed E-state index contributed by atoms with van der Waals surface area (Å²) in [5.41, 5.74) is 0.378. The lowest BCUT2D eigenvalue weighted by Crippen LogP contribution is -2.37. The Bertz CT molecular complexity index is 1170. The molecule has 2 aliphatic rings. The van der Waals surface area contributed by atoms with Crippen LogP contribution in [0.3, 0.4) is 0 Å². The Morgan fingerprint density at radius 3 is 2.03 bits per heavy atom. The molecule has 0 spiro atoms. The van der Waals surface area contributed by atoms with E-state index in [0.717, 1.165) is 22.6 Å². The van der Waals surface area contributed by atoms with Gasteiger partial charge in [0.15, 0.2) is 6.10 Å². The Balaban J connectivity index is 1.56. The number of carbonyl (C=O) groups excluding carboxylic acids is 2. The van der Waals surface area contributed by atoms with Gasteiger partial charge in [0.25, 0.3) is 5.91 Å². The number of hydrogen-bond acceptors (Lipinski definition) is 4. The predicted molar refractivity (Wildman–Crippen MR) is 110 cm³/mol. The summed E-state index contributed by atoms with van der Waals surface area (Å²) >= 11 is 0. The second kappa shape index (κ2) is 7.49. The predicted octanol–water partition coefficient (Wildman–Crippen LogP) is 4.76. The number of carbonyl (C=O) groups is 2. The molecule has 8 heteroatoms. The maximum absolute atomic E-state index is 13.4. The van der Waals surface area contributed by atoms with Crippen molar-refractivity contribution in [3.63, 3.8) is 0 Å². The lowest BCUT2D eigenvalue weighted by Gasteiger charge is -2.28. The minimum Gasteiger partial charge on any atom is -0.273 e. The summed E-state index contributed by atoms with van der Waals surface area (Å²) in [6.07, 6.45) is -5.73. The first-order valence-corrected chi connectivity index (χ1v) is 9.97. The summed E-state index contributed by atoms with van der Waals surface area (Å²) in [6, 6.07) is 21.8. The number of benzene rings is 3. The monoisotopic (exact) mass is 438 g/mol. The van der Waals surface area contributed by atoms with Crippen LogP contribution in [-0.2, 0) is 20.6 Å². The fourth-order valence-corrected chi connectivity index (χ4v) is 4.28. The number of alkyl halides is 3. The molecule has 162 valence electrons. The van der Waals surface area contributed by atoms with E-state index in [2.05, 4.69) is 0 Å². The molecule has 0 unspecified atom stereocenters. The third kappa shape index (κ3) is 3.23. The lowest BCUT2D eigenvalue weighted by molar-refractivity contribution is -0.137. The summed E-state index contributed by atoms with van der Waals surface area (Å²) < 4.78 is 39.5. The highest BCUT2D eigenvalue weighted by Gasteiger charge is 2.60. The first-order valence-electron chi connectivity index (χ1n) is 9.97. The van der Waals surface area contributed by atoms with E-state index in [1.807, 2.05) is 48.5 Å². The number of amides is 2. The molecule has 5 nitrogen and oxygen atoms in total. The molecule has 2 saturated heterocycles. The largest absolute Gasteiger partial charge is 0.416 e. The first-order chi connectivity index (χ1) is 15.4. The number of hydroxylamine groups is 1. The van der Waals surface area contributed by atoms with Crippen LogP contribution in [0.15, 0.2) is 84.9 Å². The number of rotatable bonds is 3. The van der Waals surface area contributed by atoms with Gasteiger partial charge in [-0.1, -0.05) is 54.6 Å². The molecule has 0 N–H and O–H groups in total. The molecule has 2 aliphatic heterocycles. The van der Waals surface area contributed by atoms with Crippen LogP contribution in [0.2, 0.25) is 0 Å². The van der Waals surface area contributed by atoms with Crippen molar-refractivity contribution < 1.29 is 27.6 Å². The van der Waals surface area contributed by atoms with Crippen molar-refractivity contribution in [2.45, 2.75) is 18.3 Å². The summed E-state index contributed by atoms with van der Waals surface area (Å²) in [5, 5.41) is 1.55. The zero-order chi connectivity index (χ0) is 22.5. The molecule has 3 aromatic rings. The van der Waals surface area contributed by atoms with Crippen molar-refractivity contribution in [1.29, 1.82) is 0 Å². The number of imide groups is 1. The molecule has 2 heterocycles. The van der Waals surface area contributed by atoms with Crippen LogP contribution < -0.4 is 9.96 Å². The molecule has 3 aromatic carbocycles. The van der Waals surface area contributed by atoms with Crippen molar-refractivity contribution in [2.75, 3.05) is 9.96 Å². The number of fused-ring (bicyclic) bond motifs is 1. The van der Waals surface area contributed by atoms with Gasteiger partial charge in [-0.25, -0.2) is 9.96 Å².